The van der Waals surface area contributed by atoms with Crippen molar-refractivity contribution in [2.75, 3.05) is 26.9 Å². The lowest BCUT2D eigenvalue weighted by molar-refractivity contribution is -0.148. The number of benzene rings is 1. The summed E-state index contributed by atoms with van der Waals surface area (Å²) >= 11 is 0. The first-order valence-corrected chi connectivity index (χ1v) is 12.5. The summed E-state index contributed by atoms with van der Waals surface area (Å²) in [6.45, 7) is 15.6. The van der Waals surface area contributed by atoms with Gasteiger partial charge in [0.1, 0.15) is 37.6 Å². The molecule has 10 nitrogen and oxygen atoms in total. The number of amides is 3. The number of methoxy groups -OCH3 is 1. The molecule has 210 valence electrons. The van der Waals surface area contributed by atoms with Crippen molar-refractivity contribution in [3.05, 3.63) is 55.1 Å². The van der Waals surface area contributed by atoms with Crippen molar-refractivity contribution in [2.45, 2.75) is 52.7 Å². The molecule has 3 amide bonds. The summed E-state index contributed by atoms with van der Waals surface area (Å²) in [4.78, 5) is 53.3. The summed E-state index contributed by atoms with van der Waals surface area (Å²) in [5.74, 6) is -1.66. The molecule has 0 aliphatic heterocycles. The van der Waals surface area contributed by atoms with E-state index in [1.165, 1.54) is 17.1 Å². The quantitative estimate of drug-likeness (QED) is 0.263. The third kappa shape index (κ3) is 9.57. The monoisotopic (exact) mass is 531 g/mol. The van der Waals surface area contributed by atoms with Crippen LogP contribution in [0.2, 0.25) is 0 Å². The molecule has 0 fully saturated rings. The van der Waals surface area contributed by atoms with E-state index in [1.807, 2.05) is 12.1 Å². The molecule has 1 aromatic rings. The predicted molar refractivity (Wildman–Crippen MR) is 144 cm³/mol. The summed E-state index contributed by atoms with van der Waals surface area (Å²) in [5.41, 5.74) is 0.750. The van der Waals surface area contributed by atoms with Gasteiger partial charge < -0.3 is 29.7 Å². The van der Waals surface area contributed by atoms with Crippen molar-refractivity contribution in [2.24, 2.45) is 11.8 Å². The summed E-state index contributed by atoms with van der Waals surface area (Å²) in [7, 11) is 1.55. The maximum atomic E-state index is 14.1. The average Bonchev–Trinajstić information content (AvgIpc) is 2.89. The Morgan fingerprint density at radius 1 is 0.921 bits per heavy atom. The Hall–Kier alpha value is -3.82. The summed E-state index contributed by atoms with van der Waals surface area (Å²) < 4.78 is 15.2. The Balaban J connectivity index is 3.44. The van der Waals surface area contributed by atoms with Crippen LogP contribution < -0.4 is 15.4 Å². The van der Waals surface area contributed by atoms with Crippen molar-refractivity contribution < 1.29 is 33.4 Å². The zero-order valence-corrected chi connectivity index (χ0v) is 23.2. The van der Waals surface area contributed by atoms with Crippen LogP contribution in [0.3, 0.4) is 0 Å². The summed E-state index contributed by atoms with van der Waals surface area (Å²) in [6.07, 6.45) is 2.07. The second kappa shape index (κ2) is 16.1. The smallest absolute Gasteiger partial charge is 0.408 e. The van der Waals surface area contributed by atoms with E-state index < -0.39 is 42.0 Å². The standard InChI is InChI=1S/C28H41N3O7/c1-9-15-37-23(32)17-29-26(33)25(19(5)6)31(20(7)21-11-13-22(36-8)14-12-21)27(34)24(18(3)4)30-28(35)38-16-10-2/h9-14,18-20,24-25H,1-2,15-17H2,3-8H3,(H,29,33)(H,30,35)/t20-,24+,25+/m1/s1. The van der Waals surface area contributed by atoms with Gasteiger partial charge in [-0.3, -0.25) is 14.4 Å². The second-order valence-corrected chi connectivity index (χ2v) is 9.33. The lowest BCUT2D eigenvalue weighted by Gasteiger charge is -2.40. The first-order valence-electron chi connectivity index (χ1n) is 12.5. The van der Waals surface area contributed by atoms with E-state index in [0.29, 0.717) is 5.75 Å². The molecule has 3 atom stereocenters. The molecule has 0 heterocycles. The second-order valence-electron chi connectivity index (χ2n) is 9.33. The highest BCUT2D eigenvalue weighted by atomic mass is 16.5. The van der Waals surface area contributed by atoms with Crippen LogP contribution in [0.15, 0.2) is 49.6 Å². The molecule has 0 bridgehead atoms. The van der Waals surface area contributed by atoms with Gasteiger partial charge in [-0.25, -0.2) is 4.79 Å². The van der Waals surface area contributed by atoms with E-state index in [-0.39, 0.29) is 31.6 Å². The van der Waals surface area contributed by atoms with Gasteiger partial charge in [0.05, 0.1) is 13.2 Å². The first-order chi connectivity index (χ1) is 18.0. The molecule has 38 heavy (non-hydrogen) atoms. The lowest BCUT2D eigenvalue weighted by Crippen LogP contribution is -2.59. The van der Waals surface area contributed by atoms with Crippen LogP contribution in [0.25, 0.3) is 0 Å². The number of ether oxygens (including phenoxy) is 3. The molecule has 0 saturated carbocycles. The topological polar surface area (TPSA) is 123 Å². The third-order valence-corrected chi connectivity index (χ3v) is 5.78. The minimum absolute atomic E-state index is 0.0181. The minimum Gasteiger partial charge on any atom is -0.497 e. The number of hydrogen-bond acceptors (Lipinski definition) is 7. The molecule has 0 aliphatic rings. The van der Waals surface area contributed by atoms with Gasteiger partial charge in [0.2, 0.25) is 11.8 Å². The average molecular weight is 532 g/mol. The molecule has 1 aromatic carbocycles. The zero-order chi connectivity index (χ0) is 28.8. The maximum absolute atomic E-state index is 14.1. The Labute approximate surface area is 225 Å². The van der Waals surface area contributed by atoms with Crippen LogP contribution in [0.5, 0.6) is 5.75 Å². The van der Waals surface area contributed by atoms with Crippen LogP contribution in [-0.2, 0) is 23.9 Å². The highest BCUT2D eigenvalue weighted by Crippen LogP contribution is 2.29. The van der Waals surface area contributed by atoms with Crippen molar-refractivity contribution in [3.8, 4) is 5.75 Å². The normalized spacial score (nSPS) is 13.1. The van der Waals surface area contributed by atoms with E-state index in [1.54, 1.807) is 53.9 Å². The highest BCUT2D eigenvalue weighted by Gasteiger charge is 2.40. The molecule has 0 saturated heterocycles. The van der Waals surface area contributed by atoms with Crippen LogP contribution in [0.4, 0.5) is 4.79 Å². The fourth-order valence-electron chi connectivity index (χ4n) is 3.81. The number of nitrogens with zero attached hydrogens (tertiary/aromatic N) is 1. The number of hydrogen-bond donors (Lipinski definition) is 2. The molecular weight excluding hydrogens is 490 g/mol. The van der Waals surface area contributed by atoms with E-state index in [0.717, 1.165) is 5.56 Å². The molecule has 0 aliphatic carbocycles. The number of alkyl carbamates (subject to hydrolysis) is 1. The van der Waals surface area contributed by atoms with Gasteiger partial charge in [0.15, 0.2) is 0 Å². The molecule has 0 aromatic heterocycles. The Bertz CT molecular complexity index is 960. The first kappa shape index (κ1) is 32.2. The number of carbonyl (C=O) groups excluding carboxylic acids is 4. The number of carbonyl (C=O) groups is 4. The number of esters is 1. The van der Waals surface area contributed by atoms with Crippen LogP contribution in [0.1, 0.15) is 46.2 Å². The fourth-order valence-corrected chi connectivity index (χ4v) is 3.81. The molecule has 0 radical (unpaired) electrons. The van der Waals surface area contributed by atoms with Gasteiger partial charge in [-0.15, -0.1) is 0 Å². The number of nitrogens with one attached hydrogen (secondary N) is 2. The largest absolute Gasteiger partial charge is 0.497 e. The van der Waals surface area contributed by atoms with E-state index in [9.17, 15) is 19.2 Å². The Morgan fingerprint density at radius 2 is 1.50 bits per heavy atom. The van der Waals surface area contributed by atoms with E-state index in [2.05, 4.69) is 23.8 Å². The van der Waals surface area contributed by atoms with Gasteiger partial charge >= 0.3 is 12.1 Å². The molecule has 2 N–H and O–H groups in total. The summed E-state index contributed by atoms with van der Waals surface area (Å²) in [5, 5.41) is 5.21. The van der Waals surface area contributed by atoms with Crippen LogP contribution >= 0.6 is 0 Å². The molecule has 10 heteroatoms. The van der Waals surface area contributed by atoms with Crippen LogP contribution in [-0.4, -0.2) is 67.7 Å². The minimum atomic E-state index is -0.986. The molecule has 0 spiro atoms. The maximum Gasteiger partial charge on any atom is 0.408 e. The zero-order valence-electron chi connectivity index (χ0n) is 23.2. The molecular formula is C28H41N3O7. The fraction of sp³-hybridized carbons (Fsp3) is 0.500. The van der Waals surface area contributed by atoms with Crippen molar-refractivity contribution in [1.29, 1.82) is 0 Å². The number of rotatable bonds is 15. The van der Waals surface area contributed by atoms with E-state index >= 15 is 0 Å². The van der Waals surface area contributed by atoms with Crippen LogP contribution in [0, 0.1) is 11.8 Å². The van der Waals surface area contributed by atoms with E-state index in [4.69, 9.17) is 14.2 Å². The van der Waals surface area contributed by atoms with Gasteiger partial charge in [-0.2, -0.15) is 0 Å². The SMILES string of the molecule is C=CCOC(=O)CNC(=O)[C@H](C(C)C)N(C(=O)[C@@H](NC(=O)OCC=C)C(C)C)[C@H](C)c1ccc(OC)cc1. The van der Waals surface area contributed by atoms with Crippen molar-refractivity contribution >= 4 is 23.9 Å². The molecule has 1 rings (SSSR count). The van der Waals surface area contributed by atoms with Gasteiger partial charge in [-0.05, 0) is 36.5 Å². The third-order valence-electron chi connectivity index (χ3n) is 5.78. The highest BCUT2D eigenvalue weighted by molar-refractivity contribution is 5.93. The summed E-state index contributed by atoms with van der Waals surface area (Å²) in [6, 6.07) is 4.60. The van der Waals surface area contributed by atoms with Crippen molar-refractivity contribution in [1.82, 2.24) is 15.5 Å². The Kier molecular flexibility index (Phi) is 13.7. The predicted octanol–water partition coefficient (Wildman–Crippen LogP) is 3.39. The van der Waals surface area contributed by atoms with Crippen molar-refractivity contribution in [3.63, 3.8) is 0 Å². The van der Waals surface area contributed by atoms with Gasteiger partial charge in [0, 0.05) is 0 Å². The Morgan fingerprint density at radius 3 is 2.00 bits per heavy atom. The van der Waals surface area contributed by atoms with Gasteiger partial charge in [0.25, 0.3) is 0 Å². The van der Waals surface area contributed by atoms with Gasteiger partial charge in [-0.1, -0.05) is 65.1 Å². The lowest BCUT2D eigenvalue weighted by atomic mass is 9.93. The molecule has 0 unspecified atom stereocenters.